The smallest absolute Gasteiger partial charge is 0.224 e. The highest BCUT2D eigenvalue weighted by atomic mass is 16.1. The molecular formula is C14H20N2O. The van der Waals surface area contributed by atoms with Crippen LogP contribution in [0.15, 0.2) is 24.3 Å². The molecule has 1 aliphatic heterocycles. The van der Waals surface area contributed by atoms with Crippen molar-refractivity contribution in [3.05, 3.63) is 35.4 Å². The highest BCUT2D eigenvalue weighted by Gasteiger charge is 2.27. The quantitative estimate of drug-likeness (QED) is 0.858. The minimum atomic E-state index is 0.170. The fourth-order valence-electron chi connectivity index (χ4n) is 2.42. The third kappa shape index (κ3) is 2.86. The van der Waals surface area contributed by atoms with Gasteiger partial charge in [-0.1, -0.05) is 24.3 Å². The second kappa shape index (κ2) is 5.32. The van der Waals surface area contributed by atoms with Crippen molar-refractivity contribution in [2.75, 3.05) is 20.1 Å². The zero-order chi connectivity index (χ0) is 12.3. The van der Waals surface area contributed by atoms with Crippen LogP contribution in [0.2, 0.25) is 0 Å². The predicted octanol–water partition coefficient (Wildman–Crippen LogP) is 1.56. The molecule has 0 bridgehead atoms. The van der Waals surface area contributed by atoms with Gasteiger partial charge in [0.2, 0.25) is 5.91 Å². The number of amides is 1. The molecule has 0 saturated carbocycles. The summed E-state index contributed by atoms with van der Waals surface area (Å²) < 4.78 is 0. The molecule has 1 heterocycles. The molecule has 0 aromatic heterocycles. The van der Waals surface area contributed by atoms with Gasteiger partial charge in [0.05, 0.1) is 5.92 Å². The molecular weight excluding hydrogens is 212 g/mol. The van der Waals surface area contributed by atoms with Crippen LogP contribution in [0.4, 0.5) is 0 Å². The summed E-state index contributed by atoms with van der Waals surface area (Å²) in [5, 5.41) is 2.74. The molecule has 1 atom stereocenters. The topological polar surface area (TPSA) is 32.3 Å². The molecule has 3 nitrogen and oxygen atoms in total. The number of carbonyl (C=O) groups excluding carboxylic acids is 1. The van der Waals surface area contributed by atoms with Crippen molar-refractivity contribution in [1.29, 1.82) is 0 Å². The fraction of sp³-hybridized carbons (Fsp3) is 0.500. The Kier molecular flexibility index (Phi) is 3.79. The SMILES string of the molecule is CNC(=O)C1CCN(Cc2ccccc2C)C1. The number of likely N-dealkylation sites (tertiary alicyclic amines) is 1. The minimum absolute atomic E-state index is 0.170. The van der Waals surface area contributed by atoms with Gasteiger partial charge < -0.3 is 5.32 Å². The van der Waals surface area contributed by atoms with E-state index >= 15 is 0 Å². The summed E-state index contributed by atoms with van der Waals surface area (Å²) in [5.41, 5.74) is 2.70. The van der Waals surface area contributed by atoms with Gasteiger partial charge in [0.25, 0.3) is 0 Å². The van der Waals surface area contributed by atoms with E-state index in [9.17, 15) is 4.79 Å². The number of benzene rings is 1. The first-order chi connectivity index (χ1) is 8.20. The molecule has 1 N–H and O–H groups in total. The van der Waals surface area contributed by atoms with Crippen LogP contribution in [-0.2, 0) is 11.3 Å². The maximum Gasteiger partial charge on any atom is 0.224 e. The summed E-state index contributed by atoms with van der Waals surface area (Å²) in [6.45, 7) is 5.00. The average Bonchev–Trinajstić information content (AvgIpc) is 2.80. The van der Waals surface area contributed by atoms with Gasteiger partial charge >= 0.3 is 0 Å². The van der Waals surface area contributed by atoms with E-state index in [2.05, 4.69) is 41.4 Å². The summed E-state index contributed by atoms with van der Waals surface area (Å²) in [4.78, 5) is 13.9. The van der Waals surface area contributed by atoms with Crippen LogP contribution in [0.25, 0.3) is 0 Å². The van der Waals surface area contributed by atoms with Gasteiger partial charge in [-0.25, -0.2) is 0 Å². The van der Waals surface area contributed by atoms with E-state index in [1.807, 2.05) is 0 Å². The molecule has 3 heteroatoms. The van der Waals surface area contributed by atoms with Crippen LogP contribution >= 0.6 is 0 Å². The standard InChI is InChI=1S/C14H20N2O/c1-11-5-3-4-6-12(11)9-16-8-7-13(10-16)14(17)15-2/h3-6,13H,7-10H2,1-2H3,(H,15,17). The molecule has 0 aliphatic carbocycles. The zero-order valence-electron chi connectivity index (χ0n) is 10.6. The van der Waals surface area contributed by atoms with Crippen LogP contribution in [0.5, 0.6) is 0 Å². The summed E-state index contributed by atoms with van der Waals surface area (Å²) in [5.74, 6) is 0.348. The van der Waals surface area contributed by atoms with Crippen LogP contribution in [0, 0.1) is 12.8 Å². The third-order valence-corrected chi connectivity index (χ3v) is 3.54. The van der Waals surface area contributed by atoms with Crippen LogP contribution in [-0.4, -0.2) is 30.9 Å². The minimum Gasteiger partial charge on any atom is -0.359 e. The Labute approximate surface area is 103 Å². The van der Waals surface area contributed by atoms with Crippen molar-refractivity contribution >= 4 is 5.91 Å². The Hall–Kier alpha value is -1.35. The molecule has 1 unspecified atom stereocenters. The van der Waals surface area contributed by atoms with E-state index in [0.29, 0.717) is 0 Å². The van der Waals surface area contributed by atoms with Crippen molar-refractivity contribution in [1.82, 2.24) is 10.2 Å². The molecule has 1 fully saturated rings. The first-order valence-corrected chi connectivity index (χ1v) is 6.19. The lowest BCUT2D eigenvalue weighted by Crippen LogP contribution is -2.30. The van der Waals surface area contributed by atoms with Crippen LogP contribution in [0.3, 0.4) is 0 Å². The average molecular weight is 232 g/mol. The Bertz CT molecular complexity index is 403. The van der Waals surface area contributed by atoms with Gasteiger partial charge in [0.15, 0.2) is 0 Å². The maximum absolute atomic E-state index is 11.5. The Morgan fingerprint density at radius 3 is 2.94 bits per heavy atom. The van der Waals surface area contributed by atoms with Crippen molar-refractivity contribution in [2.24, 2.45) is 5.92 Å². The Morgan fingerprint density at radius 1 is 1.47 bits per heavy atom. The first kappa shape index (κ1) is 12.1. The monoisotopic (exact) mass is 232 g/mol. The Balaban J connectivity index is 1.94. The van der Waals surface area contributed by atoms with Crippen LogP contribution in [0.1, 0.15) is 17.5 Å². The summed E-state index contributed by atoms with van der Waals surface area (Å²) >= 11 is 0. The highest BCUT2D eigenvalue weighted by Crippen LogP contribution is 2.19. The van der Waals surface area contributed by atoms with E-state index in [4.69, 9.17) is 0 Å². The zero-order valence-corrected chi connectivity index (χ0v) is 10.6. The fourth-order valence-corrected chi connectivity index (χ4v) is 2.42. The number of hydrogen-bond donors (Lipinski definition) is 1. The lowest BCUT2D eigenvalue weighted by atomic mass is 10.1. The van der Waals surface area contributed by atoms with E-state index < -0.39 is 0 Å². The largest absolute Gasteiger partial charge is 0.359 e. The summed E-state index contributed by atoms with van der Waals surface area (Å²) in [6, 6.07) is 8.45. The molecule has 1 aliphatic rings. The maximum atomic E-state index is 11.5. The Morgan fingerprint density at radius 2 is 2.24 bits per heavy atom. The van der Waals surface area contributed by atoms with Gasteiger partial charge in [-0.3, -0.25) is 9.69 Å². The number of carbonyl (C=O) groups is 1. The molecule has 1 saturated heterocycles. The van der Waals surface area contributed by atoms with E-state index in [1.54, 1.807) is 7.05 Å². The lowest BCUT2D eigenvalue weighted by Gasteiger charge is -2.17. The van der Waals surface area contributed by atoms with Gasteiger partial charge in [-0.05, 0) is 31.0 Å². The molecule has 0 spiro atoms. The van der Waals surface area contributed by atoms with Gasteiger partial charge in [0.1, 0.15) is 0 Å². The molecule has 1 aromatic rings. The molecule has 2 rings (SSSR count). The number of hydrogen-bond acceptors (Lipinski definition) is 2. The predicted molar refractivity (Wildman–Crippen MR) is 68.6 cm³/mol. The van der Waals surface area contributed by atoms with Crippen molar-refractivity contribution in [3.63, 3.8) is 0 Å². The summed E-state index contributed by atoms with van der Waals surface area (Å²) in [7, 11) is 1.71. The van der Waals surface area contributed by atoms with Crippen molar-refractivity contribution < 1.29 is 4.79 Å². The molecule has 0 radical (unpaired) electrons. The molecule has 17 heavy (non-hydrogen) atoms. The molecule has 1 aromatic carbocycles. The number of nitrogens with one attached hydrogen (secondary N) is 1. The number of rotatable bonds is 3. The van der Waals surface area contributed by atoms with E-state index in [-0.39, 0.29) is 11.8 Å². The number of nitrogens with zero attached hydrogens (tertiary/aromatic N) is 1. The third-order valence-electron chi connectivity index (χ3n) is 3.54. The first-order valence-electron chi connectivity index (χ1n) is 6.19. The second-order valence-corrected chi connectivity index (χ2v) is 4.76. The van der Waals surface area contributed by atoms with Gasteiger partial charge in [-0.15, -0.1) is 0 Å². The van der Waals surface area contributed by atoms with Gasteiger partial charge in [0, 0.05) is 20.1 Å². The normalized spacial score (nSPS) is 20.5. The second-order valence-electron chi connectivity index (χ2n) is 4.76. The van der Waals surface area contributed by atoms with Gasteiger partial charge in [-0.2, -0.15) is 0 Å². The van der Waals surface area contributed by atoms with Crippen molar-refractivity contribution in [2.45, 2.75) is 19.9 Å². The van der Waals surface area contributed by atoms with Crippen molar-refractivity contribution in [3.8, 4) is 0 Å². The molecule has 1 amide bonds. The summed E-state index contributed by atoms with van der Waals surface area (Å²) in [6.07, 6.45) is 0.978. The lowest BCUT2D eigenvalue weighted by molar-refractivity contribution is -0.124. The highest BCUT2D eigenvalue weighted by molar-refractivity contribution is 5.78. The van der Waals surface area contributed by atoms with E-state index in [1.165, 1.54) is 11.1 Å². The number of aryl methyl sites for hydroxylation is 1. The van der Waals surface area contributed by atoms with E-state index in [0.717, 1.165) is 26.1 Å². The van der Waals surface area contributed by atoms with Crippen LogP contribution < -0.4 is 5.32 Å². The molecule has 92 valence electrons.